The van der Waals surface area contributed by atoms with Gasteiger partial charge in [0.15, 0.2) is 0 Å². The molecule has 0 atom stereocenters. The van der Waals surface area contributed by atoms with Crippen LogP contribution in [0.2, 0.25) is 0 Å². The molecule has 0 spiro atoms. The van der Waals surface area contributed by atoms with Crippen molar-refractivity contribution in [2.75, 3.05) is 11.9 Å². The molecule has 0 aromatic heterocycles. The van der Waals surface area contributed by atoms with Gasteiger partial charge in [-0.15, -0.1) is 0 Å². The quantitative estimate of drug-likeness (QED) is 0.119. The highest BCUT2D eigenvalue weighted by Crippen LogP contribution is 2.17. The van der Waals surface area contributed by atoms with Gasteiger partial charge in [0.2, 0.25) is 0 Å². The van der Waals surface area contributed by atoms with Crippen molar-refractivity contribution in [3.8, 4) is 11.5 Å². The number of hydrogen-bond donors (Lipinski definition) is 2. The number of esters is 1. The lowest BCUT2D eigenvalue weighted by Gasteiger charge is -2.07. The van der Waals surface area contributed by atoms with E-state index in [-0.39, 0.29) is 0 Å². The number of anilines is 1. The van der Waals surface area contributed by atoms with Crippen molar-refractivity contribution in [3.05, 3.63) is 89.5 Å². The summed E-state index contributed by atoms with van der Waals surface area (Å²) in [5.41, 5.74) is 4.70. The molecule has 0 aliphatic heterocycles. The van der Waals surface area contributed by atoms with E-state index < -0.39 is 17.8 Å². The smallest absolute Gasteiger partial charge is 0.343 e. The predicted octanol–water partition coefficient (Wildman–Crippen LogP) is 4.48. The second-order valence-electron chi connectivity index (χ2n) is 7.71. The number of unbranched alkanes of at least 4 members (excludes halogenated alkanes) is 1. The molecule has 3 rings (SSSR count). The van der Waals surface area contributed by atoms with Crippen LogP contribution in [0.15, 0.2) is 77.9 Å². The molecular weight excluding hydrogens is 446 g/mol. The summed E-state index contributed by atoms with van der Waals surface area (Å²) < 4.78 is 11.0. The van der Waals surface area contributed by atoms with Crippen LogP contribution in [0.5, 0.6) is 11.5 Å². The summed E-state index contributed by atoms with van der Waals surface area (Å²) in [6, 6.07) is 20.4. The molecule has 0 aliphatic carbocycles. The van der Waals surface area contributed by atoms with Gasteiger partial charge >= 0.3 is 17.8 Å². The van der Waals surface area contributed by atoms with Crippen LogP contribution in [-0.4, -0.2) is 30.6 Å². The zero-order valence-corrected chi connectivity index (χ0v) is 19.6. The molecule has 0 bridgehead atoms. The van der Waals surface area contributed by atoms with Gasteiger partial charge in [0.25, 0.3) is 0 Å². The number of benzene rings is 3. The van der Waals surface area contributed by atoms with Gasteiger partial charge in [-0.25, -0.2) is 10.2 Å². The second kappa shape index (κ2) is 12.7. The average Bonchev–Trinajstić information content (AvgIpc) is 2.85. The van der Waals surface area contributed by atoms with E-state index in [1.54, 1.807) is 66.7 Å². The van der Waals surface area contributed by atoms with Gasteiger partial charge in [0.05, 0.1) is 18.4 Å². The second-order valence-corrected chi connectivity index (χ2v) is 7.71. The lowest BCUT2D eigenvalue weighted by atomic mass is 10.2. The molecule has 0 aliphatic rings. The minimum absolute atomic E-state index is 0.358. The summed E-state index contributed by atoms with van der Waals surface area (Å²) >= 11 is 0. The maximum Gasteiger partial charge on any atom is 0.343 e. The van der Waals surface area contributed by atoms with Gasteiger partial charge in [-0.3, -0.25) is 9.59 Å². The number of hydrogen-bond acceptors (Lipinski definition) is 6. The topological polar surface area (TPSA) is 106 Å². The van der Waals surface area contributed by atoms with Crippen LogP contribution < -0.4 is 20.2 Å². The molecule has 0 unspecified atom stereocenters. The molecule has 3 aromatic rings. The first kappa shape index (κ1) is 25.2. The number of amides is 2. The number of carbonyl (C=O) groups is 3. The summed E-state index contributed by atoms with van der Waals surface area (Å²) in [6.07, 6.45) is 3.40. The normalized spacial score (nSPS) is 10.6. The number of nitrogens with one attached hydrogen (secondary N) is 2. The van der Waals surface area contributed by atoms with E-state index in [2.05, 4.69) is 22.8 Å². The zero-order valence-electron chi connectivity index (χ0n) is 19.6. The zero-order chi connectivity index (χ0) is 25.0. The highest BCUT2D eigenvalue weighted by atomic mass is 16.5. The highest BCUT2D eigenvalue weighted by molar-refractivity contribution is 6.39. The van der Waals surface area contributed by atoms with E-state index in [1.165, 1.54) is 6.21 Å². The van der Waals surface area contributed by atoms with Crippen molar-refractivity contribution in [3.63, 3.8) is 0 Å². The first-order valence-corrected chi connectivity index (χ1v) is 11.2. The number of hydrazone groups is 1. The van der Waals surface area contributed by atoms with Crippen LogP contribution in [0.1, 0.15) is 41.3 Å². The van der Waals surface area contributed by atoms with Gasteiger partial charge in [-0.2, -0.15) is 5.10 Å². The van der Waals surface area contributed by atoms with Crippen molar-refractivity contribution in [2.24, 2.45) is 5.10 Å². The Hall–Kier alpha value is -4.46. The molecule has 8 nitrogen and oxygen atoms in total. The van der Waals surface area contributed by atoms with Crippen molar-refractivity contribution in [2.45, 2.75) is 26.7 Å². The number of ether oxygens (including phenoxy) is 2. The lowest BCUT2D eigenvalue weighted by Crippen LogP contribution is -2.32. The van der Waals surface area contributed by atoms with E-state index in [0.29, 0.717) is 34.9 Å². The number of carbonyl (C=O) groups excluding carboxylic acids is 3. The van der Waals surface area contributed by atoms with Crippen molar-refractivity contribution in [1.29, 1.82) is 0 Å². The SMILES string of the molecule is CCCCOc1ccc(C(=O)Oc2ccc(/C=N\NC(=O)C(=O)Nc3cccc(C)c3)cc2)cc1. The summed E-state index contributed by atoms with van der Waals surface area (Å²) in [6.45, 7) is 4.61. The monoisotopic (exact) mass is 473 g/mol. The van der Waals surface area contributed by atoms with Gasteiger partial charge in [-0.1, -0.05) is 25.5 Å². The summed E-state index contributed by atoms with van der Waals surface area (Å²) in [5.74, 6) is -1.14. The average molecular weight is 474 g/mol. The summed E-state index contributed by atoms with van der Waals surface area (Å²) in [5, 5.41) is 6.29. The van der Waals surface area contributed by atoms with Crippen LogP contribution in [0.25, 0.3) is 0 Å². The Morgan fingerprint density at radius 2 is 1.63 bits per heavy atom. The van der Waals surface area contributed by atoms with Gasteiger partial charge in [0, 0.05) is 5.69 Å². The Labute approximate surface area is 204 Å². The maximum atomic E-state index is 12.4. The molecule has 0 heterocycles. The molecule has 0 fully saturated rings. The predicted molar refractivity (Wildman–Crippen MR) is 134 cm³/mol. The summed E-state index contributed by atoms with van der Waals surface area (Å²) in [7, 11) is 0. The molecule has 0 saturated heterocycles. The Morgan fingerprint density at radius 3 is 2.31 bits per heavy atom. The van der Waals surface area contributed by atoms with Crippen LogP contribution in [0, 0.1) is 6.92 Å². The van der Waals surface area contributed by atoms with Crippen LogP contribution in [-0.2, 0) is 9.59 Å². The molecule has 0 saturated carbocycles. The van der Waals surface area contributed by atoms with E-state index in [0.717, 1.165) is 18.4 Å². The minimum Gasteiger partial charge on any atom is -0.494 e. The third-order valence-electron chi connectivity index (χ3n) is 4.81. The largest absolute Gasteiger partial charge is 0.494 e. The summed E-state index contributed by atoms with van der Waals surface area (Å²) in [4.78, 5) is 36.2. The molecule has 0 radical (unpaired) electrons. The molecule has 180 valence electrons. The fourth-order valence-corrected chi connectivity index (χ4v) is 2.94. The Balaban J connectivity index is 1.47. The molecule has 2 amide bonds. The van der Waals surface area contributed by atoms with Crippen molar-refractivity contribution in [1.82, 2.24) is 5.43 Å². The molecule has 35 heavy (non-hydrogen) atoms. The standard InChI is InChI=1S/C27H27N3O5/c1-3-4-16-34-23-14-10-21(11-15-23)27(33)35-24-12-8-20(9-13-24)18-28-30-26(32)25(31)29-22-7-5-6-19(2)17-22/h5-15,17-18H,3-4,16H2,1-2H3,(H,29,31)(H,30,32)/b28-18-. The fourth-order valence-electron chi connectivity index (χ4n) is 2.94. The Bertz CT molecular complexity index is 1190. The third kappa shape index (κ3) is 8.12. The van der Waals surface area contributed by atoms with E-state index in [1.807, 2.05) is 13.0 Å². The lowest BCUT2D eigenvalue weighted by molar-refractivity contribution is -0.136. The van der Waals surface area contributed by atoms with Crippen molar-refractivity contribution >= 4 is 29.7 Å². The fraction of sp³-hybridized carbons (Fsp3) is 0.185. The Morgan fingerprint density at radius 1 is 0.914 bits per heavy atom. The van der Waals surface area contributed by atoms with Crippen LogP contribution in [0.3, 0.4) is 0 Å². The van der Waals surface area contributed by atoms with E-state index in [4.69, 9.17) is 9.47 Å². The number of aryl methyl sites for hydroxylation is 1. The third-order valence-corrected chi connectivity index (χ3v) is 4.81. The van der Waals surface area contributed by atoms with E-state index in [9.17, 15) is 14.4 Å². The van der Waals surface area contributed by atoms with Gasteiger partial charge < -0.3 is 14.8 Å². The first-order valence-electron chi connectivity index (χ1n) is 11.2. The maximum absolute atomic E-state index is 12.4. The number of nitrogens with zero attached hydrogens (tertiary/aromatic N) is 1. The highest BCUT2D eigenvalue weighted by Gasteiger charge is 2.13. The van der Waals surface area contributed by atoms with Crippen LogP contribution >= 0.6 is 0 Å². The Kier molecular flexibility index (Phi) is 9.13. The van der Waals surface area contributed by atoms with Gasteiger partial charge in [-0.05, 0) is 85.1 Å². The molecule has 2 N–H and O–H groups in total. The molecule has 3 aromatic carbocycles. The van der Waals surface area contributed by atoms with Gasteiger partial charge in [0.1, 0.15) is 11.5 Å². The molecule has 8 heteroatoms. The molecular formula is C27H27N3O5. The minimum atomic E-state index is -0.893. The van der Waals surface area contributed by atoms with Crippen molar-refractivity contribution < 1.29 is 23.9 Å². The number of rotatable bonds is 9. The van der Waals surface area contributed by atoms with E-state index >= 15 is 0 Å². The van der Waals surface area contributed by atoms with Crippen LogP contribution in [0.4, 0.5) is 5.69 Å². The first-order chi connectivity index (χ1) is 16.9.